The quantitative estimate of drug-likeness (QED) is 0.852. The van der Waals surface area contributed by atoms with Crippen molar-refractivity contribution in [3.63, 3.8) is 0 Å². The van der Waals surface area contributed by atoms with Crippen LogP contribution in [0, 0.1) is 5.92 Å². The van der Waals surface area contributed by atoms with E-state index in [9.17, 15) is 14.7 Å². The van der Waals surface area contributed by atoms with Gasteiger partial charge in [0.1, 0.15) is 0 Å². The van der Waals surface area contributed by atoms with Crippen molar-refractivity contribution in [3.8, 4) is 11.5 Å². The highest BCUT2D eigenvalue weighted by atomic mass is 16.5. The average molecular weight is 278 g/mol. The van der Waals surface area contributed by atoms with E-state index in [0.717, 1.165) is 0 Å². The van der Waals surface area contributed by atoms with E-state index in [2.05, 4.69) is 0 Å². The molecule has 0 saturated carbocycles. The Hall–Kier alpha value is -2.24. The van der Waals surface area contributed by atoms with Crippen molar-refractivity contribution in [1.29, 1.82) is 0 Å². The molecule has 0 radical (unpaired) electrons. The topological polar surface area (TPSA) is 92.9 Å². The number of nitrogens with zero attached hydrogens (tertiary/aromatic N) is 1. The fourth-order valence-electron chi connectivity index (χ4n) is 2.36. The summed E-state index contributed by atoms with van der Waals surface area (Å²) in [6.45, 7) is 1.02. The van der Waals surface area contributed by atoms with Crippen molar-refractivity contribution in [1.82, 2.24) is 4.90 Å². The maximum Gasteiger partial charge on any atom is 0.253 e. The molecule has 1 fully saturated rings. The highest BCUT2D eigenvalue weighted by Gasteiger charge is 2.26. The van der Waals surface area contributed by atoms with Gasteiger partial charge in [0, 0.05) is 24.6 Å². The molecule has 1 aliphatic rings. The Kier molecular flexibility index (Phi) is 4.12. The Labute approximate surface area is 117 Å². The number of likely N-dealkylation sites (tertiary alicyclic amines) is 1. The van der Waals surface area contributed by atoms with Crippen LogP contribution in [0.5, 0.6) is 11.5 Å². The number of aromatic hydroxyl groups is 1. The molecule has 0 aromatic heterocycles. The van der Waals surface area contributed by atoms with Crippen LogP contribution in [0.15, 0.2) is 18.2 Å². The third-order valence-electron chi connectivity index (χ3n) is 3.61. The third kappa shape index (κ3) is 2.84. The van der Waals surface area contributed by atoms with E-state index < -0.39 is 0 Å². The highest BCUT2D eigenvalue weighted by Crippen LogP contribution is 2.27. The smallest absolute Gasteiger partial charge is 0.253 e. The van der Waals surface area contributed by atoms with Crippen LogP contribution < -0.4 is 10.5 Å². The minimum Gasteiger partial charge on any atom is -0.504 e. The van der Waals surface area contributed by atoms with Crippen LogP contribution in [0.3, 0.4) is 0 Å². The number of hydrogen-bond acceptors (Lipinski definition) is 4. The molecular formula is C14H18N2O4. The van der Waals surface area contributed by atoms with Crippen LogP contribution in [0.1, 0.15) is 23.2 Å². The lowest BCUT2D eigenvalue weighted by molar-refractivity contribution is -0.123. The van der Waals surface area contributed by atoms with Crippen LogP contribution >= 0.6 is 0 Å². The number of rotatable bonds is 3. The molecule has 20 heavy (non-hydrogen) atoms. The predicted octanol–water partition coefficient (Wildman–Crippen LogP) is 0.738. The van der Waals surface area contributed by atoms with Gasteiger partial charge in [-0.25, -0.2) is 0 Å². The summed E-state index contributed by atoms with van der Waals surface area (Å²) in [5, 5.41) is 9.52. The normalized spacial score (nSPS) is 15.9. The zero-order valence-electron chi connectivity index (χ0n) is 11.3. The van der Waals surface area contributed by atoms with Crippen molar-refractivity contribution in [2.75, 3.05) is 20.2 Å². The summed E-state index contributed by atoms with van der Waals surface area (Å²) < 4.78 is 4.99. The SMILES string of the molecule is COc1cc(C(=O)N2CCC(C(N)=O)CC2)ccc1O. The second-order valence-corrected chi connectivity index (χ2v) is 4.86. The molecule has 0 spiro atoms. The minimum absolute atomic E-state index is 0.00325. The monoisotopic (exact) mass is 278 g/mol. The maximum atomic E-state index is 12.3. The second kappa shape index (κ2) is 5.81. The molecule has 2 amide bonds. The van der Waals surface area contributed by atoms with Gasteiger partial charge in [0.05, 0.1) is 7.11 Å². The Morgan fingerprint density at radius 1 is 1.35 bits per heavy atom. The van der Waals surface area contributed by atoms with E-state index in [-0.39, 0.29) is 29.2 Å². The van der Waals surface area contributed by atoms with Crippen molar-refractivity contribution in [3.05, 3.63) is 23.8 Å². The van der Waals surface area contributed by atoms with Crippen molar-refractivity contribution >= 4 is 11.8 Å². The second-order valence-electron chi connectivity index (χ2n) is 4.86. The molecule has 6 heteroatoms. The summed E-state index contributed by atoms with van der Waals surface area (Å²) in [6.07, 6.45) is 1.19. The first-order valence-corrected chi connectivity index (χ1v) is 6.48. The van der Waals surface area contributed by atoms with Crippen LogP contribution in [0.25, 0.3) is 0 Å². The van der Waals surface area contributed by atoms with Crippen molar-refractivity contribution in [2.24, 2.45) is 11.7 Å². The predicted molar refractivity (Wildman–Crippen MR) is 72.5 cm³/mol. The summed E-state index contributed by atoms with van der Waals surface area (Å²) in [4.78, 5) is 25.1. The third-order valence-corrected chi connectivity index (χ3v) is 3.61. The number of amides is 2. The fourth-order valence-corrected chi connectivity index (χ4v) is 2.36. The fraction of sp³-hybridized carbons (Fsp3) is 0.429. The lowest BCUT2D eigenvalue weighted by Crippen LogP contribution is -2.41. The van der Waals surface area contributed by atoms with Crippen molar-refractivity contribution < 1.29 is 19.4 Å². The Bertz CT molecular complexity index is 522. The van der Waals surface area contributed by atoms with E-state index in [1.807, 2.05) is 0 Å². The molecule has 108 valence electrons. The summed E-state index contributed by atoms with van der Waals surface area (Å²) in [5.74, 6) is -0.317. The van der Waals surface area contributed by atoms with Gasteiger partial charge in [-0.05, 0) is 31.0 Å². The molecule has 6 nitrogen and oxygen atoms in total. The summed E-state index contributed by atoms with van der Waals surface area (Å²) in [5.41, 5.74) is 5.72. The first-order valence-electron chi connectivity index (χ1n) is 6.48. The van der Waals surface area contributed by atoms with Gasteiger partial charge in [0.15, 0.2) is 11.5 Å². The largest absolute Gasteiger partial charge is 0.504 e. The van der Waals surface area contributed by atoms with E-state index >= 15 is 0 Å². The Morgan fingerprint density at radius 3 is 2.55 bits per heavy atom. The molecule has 3 N–H and O–H groups in total. The average Bonchev–Trinajstić information content (AvgIpc) is 2.47. The van der Waals surface area contributed by atoms with E-state index in [4.69, 9.17) is 10.5 Å². The Morgan fingerprint density at radius 2 is 2.00 bits per heavy atom. The van der Waals surface area contributed by atoms with Gasteiger partial charge in [-0.1, -0.05) is 0 Å². The van der Waals surface area contributed by atoms with E-state index in [0.29, 0.717) is 31.5 Å². The number of phenolic OH excluding ortho intramolecular Hbond substituents is 1. The molecular weight excluding hydrogens is 260 g/mol. The lowest BCUT2D eigenvalue weighted by atomic mass is 9.96. The molecule has 1 saturated heterocycles. The van der Waals surface area contributed by atoms with Crippen LogP contribution in [0.4, 0.5) is 0 Å². The molecule has 1 aromatic carbocycles. The van der Waals surface area contributed by atoms with Crippen LogP contribution in [-0.4, -0.2) is 42.0 Å². The number of methoxy groups -OCH3 is 1. The number of hydrogen-bond donors (Lipinski definition) is 2. The van der Waals surface area contributed by atoms with Crippen molar-refractivity contribution in [2.45, 2.75) is 12.8 Å². The number of carbonyl (C=O) groups is 2. The zero-order chi connectivity index (χ0) is 14.7. The highest BCUT2D eigenvalue weighted by molar-refractivity contribution is 5.95. The molecule has 0 atom stereocenters. The van der Waals surface area contributed by atoms with Crippen LogP contribution in [-0.2, 0) is 4.79 Å². The maximum absolute atomic E-state index is 12.3. The molecule has 0 bridgehead atoms. The molecule has 0 aliphatic carbocycles. The van der Waals surface area contributed by atoms with E-state index in [1.165, 1.54) is 19.2 Å². The number of carbonyl (C=O) groups excluding carboxylic acids is 2. The number of phenols is 1. The summed E-state index contributed by atoms with van der Waals surface area (Å²) in [6, 6.07) is 4.50. The molecule has 1 heterocycles. The molecule has 1 aromatic rings. The number of ether oxygens (including phenoxy) is 1. The first-order chi connectivity index (χ1) is 9.52. The van der Waals surface area contributed by atoms with E-state index in [1.54, 1.807) is 11.0 Å². The van der Waals surface area contributed by atoms with Gasteiger partial charge in [0.25, 0.3) is 5.91 Å². The Balaban J connectivity index is 2.07. The van der Waals surface area contributed by atoms with Crippen LogP contribution in [0.2, 0.25) is 0 Å². The number of piperidine rings is 1. The standard InChI is InChI=1S/C14H18N2O4/c1-20-12-8-10(2-3-11(12)17)14(19)16-6-4-9(5-7-16)13(15)18/h2-3,8-9,17H,4-7H2,1H3,(H2,15,18). The number of primary amides is 1. The first kappa shape index (κ1) is 14.2. The van der Waals surface area contributed by atoms with Gasteiger partial charge in [-0.15, -0.1) is 0 Å². The van der Waals surface area contributed by atoms with Gasteiger partial charge in [-0.3, -0.25) is 9.59 Å². The number of nitrogens with two attached hydrogens (primary N) is 1. The van der Waals surface area contributed by atoms with Gasteiger partial charge in [0.2, 0.25) is 5.91 Å². The minimum atomic E-state index is -0.302. The lowest BCUT2D eigenvalue weighted by Gasteiger charge is -2.30. The van der Waals surface area contributed by atoms with Gasteiger partial charge >= 0.3 is 0 Å². The van der Waals surface area contributed by atoms with Gasteiger partial charge < -0.3 is 20.5 Å². The molecule has 1 aliphatic heterocycles. The van der Waals surface area contributed by atoms with Gasteiger partial charge in [-0.2, -0.15) is 0 Å². The summed E-state index contributed by atoms with van der Waals surface area (Å²) >= 11 is 0. The number of benzene rings is 1. The molecule has 0 unspecified atom stereocenters. The summed E-state index contributed by atoms with van der Waals surface area (Å²) in [7, 11) is 1.43. The molecule has 2 rings (SSSR count). The zero-order valence-corrected chi connectivity index (χ0v) is 11.3.